The van der Waals surface area contributed by atoms with Gasteiger partial charge in [0.1, 0.15) is 6.54 Å². The van der Waals surface area contributed by atoms with E-state index in [0.29, 0.717) is 24.2 Å². The van der Waals surface area contributed by atoms with Gasteiger partial charge in [0, 0.05) is 24.3 Å². The first-order valence-electron chi connectivity index (χ1n) is 13.5. The van der Waals surface area contributed by atoms with Gasteiger partial charge in [0.25, 0.3) is 5.89 Å². The molecule has 2 bridgehead atoms. The van der Waals surface area contributed by atoms with Crippen LogP contribution >= 0.6 is 0 Å². The van der Waals surface area contributed by atoms with Gasteiger partial charge in [-0.05, 0) is 24.8 Å². The topological polar surface area (TPSA) is 65.2 Å². The summed E-state index contributed by atoms with van der Waals surface area (Å²) in [6.45, 7) is 3.73. The van der Waals surface area contributed by atoms with Crippen LogP contribution in [-0.4, -0.2) is 46.3 Å². The normalized spacial score (nSPS) is 29.5. The second-order valence-corrected chi connectivity index (χ2v) is 11.1. The van der Waals surface area contributed by atoms with Crippen molar-refractivity contribution in [2.75, 3.05) is 19.6 Å². The van der Waals surface area contributed by atoms with Gasteiger partial charge in [-0.25, -0.2) is 0 Å². The molecule has 4 heterocycles. The van der Waals surface area contributed by atoms with E-state index in [0.717, 1.165) is 74.6 Å². The number of quaternary nitrogens is 1. The van der Waals surface area contributed by atoms with Crippen molar-refractivity contribution >= 4 is 5.97 Å². The van der Waals surface area contributed by atoms with Crippen LogP contribution in [-0.2, 0) is 16.1 Å². The Kier molecular flexibility index (Phi) is 6.09. The highest BCUT2D eigenvalue weighted by atomic mass is 16.5. The third-order valence-electron chi connectivity index (χ3n) is 9.00. The number of ether oxygens (including phenoxy) is 1. The maximum absolute atomic E-state index is 13.9. The van der Waals surface area contributed by atoms with E-state index in [1.807, 2.05) is 30.3 Å². The summed E-state index contributed by atoms with van der Waals surface area (Å²) >= 11 is 0. The minimum atomic E-state index is -0.423. The number of allylic oxidation sites excluding steroid dienone is 3. The van der Waals surface area contributed by atoms with Crippen LogP contribution in [0.15, 0.2) is 58.7 Å². The van der Waals surface area contributed by atoms with Crippen molar-refractivity contribution in [1.82, 2.24) is 10.1 Å². The zero-order valence-electron chi connectivity index (χ0n) is 20.5. The number of nitrogens with zero attached hydrogens (tertiary/aromatic N) is 3. The average Bonchev–Trinajstić information content (AvgIpc) is 3.53. The number of carbonyl (C=O) groups excluding carboxylic acids is 1. The Labute approximate surface area is 207 Å². The largest absolute Gasteiger partial charge is 0.455 e. The predicted molar refractivity (Wildman–Crippen MR) is 133 cm³/mol. The SMILES string of the molecule is O=C(O[C@H]1C[N+]2(Cc3nc(-c4ccccc4)no3)CCC1CC2)C1(C2=CC=CC2)CCCCCC1. The Morgan fingerprint density at radius 3 is 2.57 bits per heavy atom. The molecule has 2 aliphatic carbocycles. The zero-order chi connectivity index (χ0) is 23.7. The molecular weight excluding hydrogens is 438 g/mol. The van der Waals surface area contributed by atoms with Crippen LogP contribution in [0, 0.1) is 11.3 Å². The summed E-state index contributed by atoms with van der Waals surface area (Å²) in [5.41, 5.74) is 1.82. The van der Waals surface area contributed by atoms with Crippen LogP contribution in [0.25, 0.3) is 11.4 Å². The lowest BCUT2D eigenvalue weighted by atomic mass is 9.73. The van der Waals surface area contributed by atoms with Gasteiger partial charge in [-0.15, -0.1) is 0 Å². The lowest BCUT2D eigenvalue weighted by Crippen LogP contribution is -2.64. The predicted octanol–water partition coefficient (Wildman–Crippen LogP) is 5.62. The summed E-state index contributed by atoms with van der Waals surface area (Å²) in [6, 6.07) is 9.96. The molecule has 6 nitrogen and oxygen atoms in total. The minimum absolute atomic E-state index is 0.0170. The van der Waals surface area contributed by atoms with E-state index in [9.17, 15) is 4.79 Å². The number of fused-ring (bicyclic) bond motifs is 3. The highest BCUT2D eigenvalue weighted by Gasteiger charge is 2.51. The number of piperidine rings is 3. The number of hydrogen-bond donors (Lipinski definition) is 0. The molecule has 0 amide bonds. The van der Waals surface area contributed by atoms with Crippen LogP contribution in [0.5, 0.6) is 0 Å². The first kappa shape index (κ1) is 22.7. The molecule has 0 spiro atoms. The van der Waals surface area contributed by atoms with Crippen molar-refractivity contribution in [2.45, 2.75) is 70.4 Å². The summed E-state index contributed by atoms with van der Waals surface area (Å²) in [7, 11) is 0. The van der Waals surface area contributed by atoms with E-state index < -0.39 is 5.41 Å². The average molecular weight is 475 g/mol. The summed E-state index contributed by atoms with van der Waals surface area (Å²) < 4.78 is 13.0. The monoisotopic (exact) mass is 474 g/mol. The summed E-state index contributed by atoms with van der Waals surface area (Å²) in [5.74, 6) is 1.83. The van der Waals surface area contributed by atoms with Crippen molar-refractivity contribution in [1.29, 1.82) is 0 Å². The first-order chi connectivity index (χ1) is 17.2. The first-order valence-corrected chi connectivity index (χ1v) is 13.5. The fraction of sp³-hybridized carbons (Fsp3) is 0.552. The van der Waals surface area contributed by atoms with Crippen molar-refractivity contribution in [3.05, 3.63) is 60.0 Å². The molecule has 35 heavy (non-hydrogen) atoms. The van der Waals surface area contributed by atoms with E-state index in [-0.39, 0.29) is 12.1 Å². The maximum atomic E-state index is 13.9. The Morgan fingerprint density at radius 1 is 1.09 bits per heavy atom. The molecule has 1 atom stereocenters. The quantitative estimate of drug-likeness (QED) is 0.309. The van der Waals surface area contributed by atoms with Crippen LogP contribution in [0.3, 0.4) is 0 Å². The third kappa shape index (κ3) is 4.37. The van der Waals surface area contributed by atoms with Gasteiger partial charge in [0.05, 0.1) is 18.5 Å². The van der Waals surface area contributed by atoms with Gasteiger partial charge in [-0.3, -0.25) is 4.79 Å². The Morgan fingerprint density at radius 2 is 1.86 bits per heavy atom. The van der Waals surface area contributed by atoms with Gasteiger partial charge in [-0.2, -0.15) is 4.98 Å². The van der Waals surface area contributed by atoms with Crippen LogP contribution in [0.1, 0.15) is 63.7 Å². The van der Waals surface area contributed by atoms with Gasteiger partial charge in [0.2, 0.25) is 5.82 Å². The van der Waals surface area contributed by atoms with E-state index in [1.54, 1.807) is 0 Å². The highest BCUT2D eigenvalue weighted by molar-refractivity contribution is 5.81. The second-order valence-electron chi connectivity index (χ2n) is 11.1. The number of aromatic nitrogens is 2. The molecule has 6 heteroatoms. The molecule has 1 aromatic heterocycles. The third-order valence-corrected chi connectivity index (χ3v) is 9.00. The van der Waals surface area contributed by atoms with E-state index in [4.69, 9.17) is 14.2 Å². The van der Waals surface area contributed by atoms with Gasteiger partial charge in [0.15, 0.2) is 12.6 Å². The smallest absolute Gasteiger partial charge is 0.316 e. The molecule has 3 aliphatic heterocycles. The number of hydrogen-bond acceptors (Lipinski definition) is 5. The van der Waals surface area contributed by atoms with Gasteiger partial charge in [-0.1, -0.05) is 79.4 Å². The van der Waals surface area contributed by atoms with E-state index in [2.05, 4.69) is 23.4 Å². The number of benzene rings is 1. The Hall–Kier alpha value is -2.73. The molecule has 3 saturated heterocycles. The molecule has 0 N–H and O–H groups in total. The van der Waals surface area contributed by atoms with Crippen molar-refractivity contribution in [3.8, 4) is 11.4 Å². The highest BCUT2D eigenvalue weighted by Crippen LogP contribution is 2.47. The molecule has 4 fully saturated rings. The second kappa shape index (κ2) is 9.38. The fourth-order valence-corrected chi connectivity index (χ4v) is 6.93. The lowest BCUT2D eigenvalue weighted by Gasteiger charge is -2.51. The number of esters is 1. The number of carbonyl (C=O) groups is 1. The molecule has 0 radical (unpaired) electrons. The van der Waals surface area contributed by atoms with Crippen molar-refractivity contribution in [2.24, 2.45) is 11.3 Å². The summed E-state index contributed by atoms with van der Waals surface area (Å²) in [6.07, 6.45) is 16.1. The van der Waals surface area contributed by atoms with Crippen molar-refractivity contribution in [3.63, 3.8) is 0 Å². The standard InChI is InChI=1S/C29H36N3O3/c33-28(29(24-12-6-7-13-24)16-8-1-2-9-17-29)34-25-20-32(18-14-22(25)15-19-32)21-26-30-27(31-35-26)23-10-4-3-5-11-23/h3-7,10-12,22,25H,1-2,8-9,13-21H2/q+1/t22?,25-,32?/m0/s1. The molecule has 7 rings (SSSR count). The maximum Gasteiger partial charge on any atom is 0.316 e. The molecular formula is C29H36N3O3+. The Balaban J connectivity index is 1.18. The zero-order valence-corrected chi connectivity index (χ0v) is 20.5. The minimum Gasteiger partial charge on any atom is -0.455 e. The van der Waals surface area contributed by atoms with Gasteiger partial charge < -0.3 is 13.7 Å². The fourth-order valence-electron chi connectivity index (χ4n) is 6.93. The molecule has 1 aromatic carbocycles. The van der Waals surface area contributed by atoms with Gasteiger partial charge >= 0.3 is 5.97 Å². The lowest BCUT2D eigenvalue weighted by molar-refractivity contribution is -0.959. The summed E-state index contributed by atoms with van der Waals surface area (Å²) in [5, 5.41) is 4.23. The van der Waals surface area contributed by atoms with Crippen LogP contribution < -0.4 is 0 Å². The van der Waals surface area contributed by atoms with E-state index in [1.165, 1.54) is 18.4 Å². The van der Waals surface area contributed by atoms with Crippen molar-refractivity contribution < 1.29 is 18.5 Å². The van der Waals surface area contributed by atoms with Crippen LogP contribution in [0.2, 0.25) is 0 Å². The molecule has 184 valence electrons. The Bertz CT molecular complexity index is 1100. The molecule has 2 aromatic rings. The molecule has 1 saturated carbocycles. The molecule has 5 aliphatic rings. The summed E-state index contributed by atoms with van der Waals surface area (Å²) in [4.78, 5) is 18.6. The number of rotatable bonds is 6. The molecule has 0 unspecified atom stereocenters. The van der Waals surface area contributed by atoms with Crippen LogP contribution in [0.4, 0.5) is 0 Å². The van der Waals surface area contributed by atoms with E-state index >= 15 is 0 Å².